The fourth-order valence-corrected chi connectivity index (χ4v) is 4.34. The highest BCUT2D eigenvalue weighted by atomic mass is 32.1. The van der Waals surface area contributed by atoms with Crippen molar-refractivity contribution in [1.82, 2.24) is 9.69 Å². The van der Waals surface area contributed by atoms with Gasteiger partial charge in [-0.25, -0.2) is 0 Å². The molecule has 0 aliphatic rings. The molecule has 1 heterocycles. The maximum Gasteiger partial charge on any atom is 0.273 e. The first-order chi connectivity index (χ1) is 16.6. The number of phenolic OH excluding ortho intramolecular Hbond substituents is 1. The van der Waals surface area contributed by atoms with Crippen LogP contribution >= 0.6 is 11.5 Å². The van der Waals surface area contributed by atoms with Crippen molar-refractivity contribution in [1.29, 1.82) is 0 Å². The summed E-state index contributed by atoms with van der Waals surface area (Å²) in [5.41, 5.74) is 12.8. The number of nitrogens with zero attached hydrogens (tertiary/aromatic N) is 2. The Morgan fingerprint density at radius 3 is 2.34 bits per heavy atom. The van der Waals surface area contributed by atoms with Crippen LogP contribution in [0.15, 0.2) is 48.5 Å². The maximum absolute atomic E-state index is 14.0. The number of rotatable bonds is 9. The average molecular weight is 496 g/mol. The van der Waals surface area contributed by atoms with E-state index < -0.39 is 23.8 Å². The smallest absolute Gasteiger partial charge is 0.273 e. The summed E-state index contributed by atoms with van der Waals surface area (Å²) in [6.07, 6.45) is 0.760. The molecule has 0 spiro atoms. The number of primary amides is 1. The van der Waals surface area contributed by atoms with Crippen LogP contribution in [0.5, 0.6) is 5.75 Å². The van der Waals surface area contributed by atoms with Crippen molar-refractivity contribution in [3.63, 3.8) is 0 Å². The van der Waals surface area contributed by atoms with Gasteiger partial charge in [0.05, 0.1) is 5.69 Å². The van der Waals surface area contributed by atoms with Gasteiger partial charge in [-0.15, -0.1) is 0 Å². The van der Waals surface area contributed by atoms with Gasteiger partial charge in [0.2, 0.25) is 5.91 Å². The van der Waals surface area contributed by atoms with Crippen LogP contribution in [-0.2, 0) is 4.79 Å². The van der Waals surface area contributed by atoms with Gasteiger partial charge in [0.25, 0.3) is 11.8 Å². The third-order valence-corrected chi connectivity index (χ3v) is 6.34. The predicted molar refractivity (Wildman–Crippen MR) is 136 cm³/mol. The van der Waals surface area contributed by atoms with Crippen molar-refractivity contribution in [3.05, 3.63) is 70.2 Å². The van der Waals surface area contributed by atoms with E-state index in [0.717, 1.165) is 23.5 Å². The molecule has 2 aromatic carbocycles. The molecule has 3 aromatic rings. The van der Waals surface area contributed by atoms with Crippen molar-refractivity contribution in [2.24, 2.45) is 11.7 Å². The molecule has 1 atom stereocenters. The highest BCUT2D eigenvalue weighted by Gasteiger charge is 2.36. The highest BCUT2D eigenvalue weighted by Crippen LogP contribution is 2.35. The van der Waals surface area contributed by atoms with Crippen LogP contribution in [0, 0.1) is 12.8 Å². The van der Waals surface area contributed by atoms with Crippen molar-refractivity contribution < 1.29 is 19.5 Å². The molecular weight excluding hydrogens is 466 g/mol. The lowest BCUT2D eigenvalue weighted by Gasteiger charge is -2.32. The van der Waals surface area contributed by atoms with E-state index in [4.69, 9.17) is 11.5 Å². The van der Waals surface area contributed by atoms with E-state index in [1.54, 1.807) is 24.3 Å². The number of aromatic hydroxyl groups is 1. The Hall–Kier alpha value is -3.92. The SMILES string of the molecule is Cc1ccccc1N(C(=O)c1snc(C(N)=O)c1N)[C@@H](C(=O)NCCC(C)C)c1ccc(O)cc1. The predicted octanol–water partition coefficient (Wildman–Crippen LogP) is 3.39. The van der Waals surface area contributed by atoms with Gasteiger partial charge < -0.3 is 21.9 Å². The first-order valence-corrected chi connectivity index (χ1v) is 11.9. The maximum atomic E-state index is 14.0. The van der Waals surface area contributed by atoms with Crippen LogP contribution in [0.4, 0.5) is 11.4 Å². The summed E-state index contributed by atoms with van der Waals surface area (Å²) < 4.78 is 3.95. The number of nitrogen functional groups attached to an aromatic ring is 1. The monoisotopic (exact) mass is 495 g/mol. The number of anilines is 2. The molecule has 0 fully saturated rings. The van der Waals surface area contributed by atoms with Gasteiger partial charge in [-0.1, -0.05) is 44.2 Å². The first kappa shape index (κ1) is 25.7. The van der Waals surface area contributed by atoms with Gasteiger partial charge in [-0.05, 0) is 60.1 Å². The highest BCUT2D eigenvalue weighted by molar-refractivity contribution is 7.09. The summed E-state index contributed by atoms with van der Waals surface area (Å²) in [5.74, 6) is -1.44. The van der Waals surface area contributed by atoms with Crippen molar-refractivity contribution in [3.8, 4) is 5.75 Å². The molecule has 0 radical (unpaired) electrons. The van der Waals surface area contributed by atoms with Crippen molar-refractivity contribution >= 4 is 40.6 Å². The Morgan fingerprint density at radius 1 is 1.11 bits per heavy atom. The minimum Gasteiger partial charge on any atom is -0.508 e. The van der Waals surface area contributed by atoms with E-state index in [2.05, 4.69) is 23.5 Å². The van der Waals surface area contributed by atoms with Gasteiger partial charge >= 0.3 is 0 Å². The molecular formula is C25H29N5O4S. The van der Waals surface area contributed by atoms with Crippen LogP contribution in [0.25, 0.3) is 0 Å². The van der Waals surface area contributed by atoms with Gasteiger partial charge in [-0.3, -0.25) is 19.3 Å². The van der Waals surface area contributed by atoms with E-state index in [1.165, 1.54) is 17.0 Å². The Morgan fingerprint density at radius 2 is 1.77 bits per heavy atom. The lowest BCUT2D eigenvalue weighted by atomic mass is 10.0. The van der Waals surface area contributed by atoms with E-state index in [9.17, 15) is 19.5 Å². The minimum absolute atomic E-state index is 0.000752. The second-order valence-corrected chi connectivity index (χ2v) is 9.34. The number of phenols is 1. The Labute approximate surface area is 207 Å². The normalized spacial score (nSPS) is 11.8. The summed E-state index contributed by atoms with van der Waals surface area (Å²) in [5, 5.41) is 12.7. The summed E-state index contributed by atoms with van der Waals surface area (Å²) in [6, 6.07) is 12.1. The molecule has 9 nitrogen and oxygen atoms in total. The van der Waals surface area contributed by atoms with Crippen molar-refractivity contribution in [2.75, 3.05) is 17.2 Å². The molecule has 184 valence electrons. The molecule has 1 aromatic heterocycles. The number of aromatic nitrogens is 1. The topological polar surface area (TPSA) is 152 Å². The van der Waals surface area contributed by atoms with Gasteiger partial charge in [0.1, 0.15) is 16.7 Å². The molecule has 3 amide bonds. The second-order valence-electron chi connectivity index (χ2n) is 8.57. The number of nitrogens with one attached hydrogen (secondary N) is 1. The third-order valence-electron chi connectivity index (χ3n) is 5.49. The fraction of sp³-hybridized carbons (Fsp3) is 0.280. The molecule has 0 bridgehead atoms. The molecule has 0 unspecified atom stereocenters. The number of hydrogen-bond acceptors (Lipinski definition) is 7. The van der Waals surface area contributed by atoms with E-state index in [0.29, 0.717) is 23.7 Å². The molecule has 0 saturated carbocycles. The van der Waals surface area contributed by atoms with E-state index in [1.807, 2.05) is 19.1 Å². The number of nitrogens with two attached hydrogens (primary N) is 2. The zero-order valence-corrected chi connectivity index (χ0v) is 20.6. The molecule has 35 heavy (non-hydrogen) atoms. The number of benzene rings is 2. The number of aryl methyl sites for hydroxylation is 1. The van der Waals surface area contributed by atoms with Crippen LogP contribution in [0.2, 0.25) is 0 Å². The molecule has 10 heteroatoms. The van der Waals surface area contributed by atoms with E-state index >= 15 is 0 Å². The summed E-state index contributed by atoms with van der Waals surface area (Å²) >= 11 is 0.751. The first-order valence-electron chi connectivity index (χ1n) is 11.1. The Bertz CT molecular complexity index is 1220. The number of carbonyl (C=O) groups is 3. The molecule has 0 aliphatic carbocycles. The average Bonchev–Trinajstić information content (AvgIpc) is 3.20. The van der Waals surface area contributed by atoms with E-state index in [-0.39, 0.29) is 22.0 Å². The quantitative estimate of drug-likeness (QED) is 0.357. The number of hydrogen-bond donors (Lipinski definition) is 4. The fourth-order valence-electron chi connectivity index (χ4n) is 3.59. The molecule has 6 N–H and O–H groups in total. The zero-order chi connectivity index (χ0) is 25.7. The second kappa shape index (κ2) is 11.0. The van der Waals surface area contributed by atoms with Gasteiger partial charge in [0.15, 0.2) is 5.69 Å². The zero-order valence-electron chi connectivity index (χ0n) is 19.8. The number of carbonyl (C=O) groups excluding carboxylic acids is 3. The van der Waals surface area contributed by atoms with Crippen LogP contribution < -0.4 is 21.7 Å². The molecule has 0 aliphatic heterocycles. The largest absolute Gasteiger partial charge is 0.508 e. The summed E-state index contributed by atoms with van der Waals surface area (Å²) in [6.45, 7) is 6.35. The third kappa shape index (κ3) is 5.78. The Kier molecular flexibility index (Phi) is 8.08. The standard InChI is InChI=1S/C25H29N5O4S/c1-14(2)12-13-28-24(33)21(16-8-10-17(31)11-9-16)30(18-7-5-4-6-15(18)3)25(34)22-19(26)20(23(27)32)29-35-22/h4-11,14,21,31H,12-13,26H2,1-3H3,(H2,27,32)(H,28,33)/t21-/m1/s1. The van der Waals surface area contributed by atoms with Crippen LogP contribution in [0.1, 0.15) is 57.6 Å². The summed E-state index contributed by atoms with van der Waals surface area (Å²) in [7, 11) is 0. The van der Waals surface area contributed by atoms with Gasteiger partial charge in [0, 0.05) is 12.2 Å². The number of amides is 3. The van der Waals surface area contributed by atoms with Crippen molar-refractivity contribution in [2.45, 2.75) is 33.2 Å². The van der Waals surface area contributed by atoms with Crippen LogP contribution in [0.3, 0.4) is 0 Å². The summed E-state index contributed by atoms with van der Waals surface area (Å²) in [4.78, 5) is 40.6. The van der Waals surface area contributed by atoms with Crippen LogP contribution in [-0.4, -0.2) is 33.7 Å². The number of para-hydroxylation sites is 1. The Balaban J connectivity index is 2.17. The lowest BCUT2D eigenvalue weighted by molar-refractivity contribution is -0.122. The minimum atomic E-state index is -1.09. The molecule has 0 saturated heterocycles. The lowest BCUT2D eigenvalue weighted by Crippen LogP contribution is -2.44. The van der Waals surface area contributed by atoms with Gasteiger partial charge in [-0.2, -0.15) is 4.37 Å². The molecule has 3 rings (SSSR count).